The molecule has 0 spiro atoms. The van der Waals surface area contributed by atoms with Crippen molar-refractivity contribution in [1.29, 1.82) is 0 Å². The predicted molar refractivity (Wildman–Crippen MR) is 67.9 cm³/mol. The molecule has 0 radical (unpaired) electrons. The number of benzene rings is 1. The smallest absolute Gasteiger partial charge is 0.120 e. The Morgan fingerprint density at radius 1 is 1.24 bits per heavy atom. The SMILES string of the molecule is OCC#Cc1cccc(OC2CCCCC2)c1. The Hall–Kier alpha value is -1.46. The topological polar surface area (TPSA) is 29.5 Å². The first kappa shape index (κ1) is 12.0. The largest absolute Gasteiger partial charge is 0.490 e. The lowest BCUT2D eigenvalue weighted by molar-refractivity contribution is 0.155. The second-order valence-corrected chi connectivity index (χ2v) is 4.37. The molecule has 1 fully saturated rings. The highest BCUT2D eigenvalue weighted by Gasteiger charge is 2.14. The minimum absolute atomic E-state index is 0.103. The zero-order valence-electron chi connectivity index (χ0n) is 9.98. The number of ether oxygens (including phenoxy) is 1. The summed E-state index contributed by atoms with van der Waals surface area (Å²) in [6.45, 7) is -0.103. The van der Waals surface area contributed by atoms with Crippen LogP contribution in [0.15, 0.2) is 24.3 Å². The first-order chi connectivity index (χ1) is 8.38. The fourth-order valence-corrected chi connectivity index (χ4v) is 2.16. The van der Waals surface area contributed by atoms with Gasteiger partial charge < -0.3 is 9.84 Å². The van der Waals surface area contributed by atoms with Gasteiger partial charge in [-0.15, -0.1) is 0 Å². The summed E-state index contributed by atoms with van der Waals surface area (Å²) in [6.07, 6.45) is 6.56. The Bertz CT molecular complexity index is 408. The van der Waals surface area contributed by atoms with Crippen LogP contribution in [0.25, 0.3) is 0 Å². The van der Waals surface area contributed by atoms with Crippen molar-refractivity contribution in [2.75, 3.05) is 6.61 Å². The van der Waals surface area contributed by atoms with Gasteiger partial charge in [0, 0.05) is 5.56 Å². The maximum atomic E-state index is 8.65. The molecule has 2 heteroatoms. The highest BCUT2D eigenvalue weighted by molar-refractivity contribution is 5.39. The number of rotatable bonds is 2. The summed E-state index contributed by atoms with van der Waals surface area (Å²) in [5, 5.41) is 8.65. The second-order valence-electron chi connectivity index (χ2n) is 4.37. The summed E-state index contributed by atoms with van der Waals surface area (Å²) in [6, 6.07) is 7.78. The van der Waals surface area contributed by atoms with Crippen molar-refractivity contribution in [3.05, 3.63) is 29.8 Å². The zero-order valence-corrected chi connectivity index (χ0v) is 9.98. The highest BCUT2D eigenvalue weighted by atomic mass is 16.5. The van der Waals surface area contributed by atoms with Gasteiger partial charge in [0.05, 0.1) is 6.10 Å². The lowest BCUT2D eigenvalue weighted by atomic mass is 9.98. The van der Waals surface area contributed by atoms with E-state index < -0.39 is 0 Å². The van der Waals surface area contributed by atoms with Crippen LogP contribution < -0.4 is 4.74 Å². The molecule has 1 aromatic rings. The Morgan fingerprint density at radius 2 is 2.06 bits per heavy atom. The fourth-order valence-electron chi connectivity index (χ4n) is 2.16. The van der Waals surface area contributed by atoms with E-state index in [-0.39, 0.29) is 6.61 Å². The summed E-state index contributed by atoms with van der Waals surface area (Å²) in [5.41, 5.74) is 0.896. The van der Waals surface area contributed by atoms with E-state index in [0.717, 1.165) is 24.2 Å². The van der Waals surface area contributed by atoms with E-state index in [0.29, 0.717) is 6.10 Å². The molecule has 0 aromatic heterocycles. The van der Waals surface area contributed by atoms with Gasteiger partial charge in [-0.25, -0.2) is 0 Å². The third kappa shape index (κ3) is 3.80. The monoisotopic (exact) mass is 230 g/mol. The fraction of sp³-hybridized carbons (Fsp3) is 0.467. The van der Waals surface area contributed by atoms with Crippen LogP contribution in [0.4, 0.5) is 0 Å². The standard InChI is InChI=1S/C15H18O2/c16-11-5-7-13-6-4-10-15(12-13)17-14-8-2-1-3-9-14/h4,6,10,12,14,16H,1-3,8-9,11H2. The summed E-state index contributed by atoms with van der Waals surface area (Å²) < 4.78 is 5.95. The van der Waals surface area contributed by atoms with Gasteiger partial charge >= 0.3 is 0 Å². The normalized spacial score (nSPS) is 16.1. The molecule has 90 valence electrons. The van der Waals surface area contributed by atoms with Gasteiger partial charge in [-0.1, -0.05) is 24.3 Å². The number of hydrogen-bond acceptors (Lipinski definition) is 2. The Kier molecular flexibility index (Phi) is 4.46. The molecule has 1 aliphatic rings. The predicted octanol–water partition coefficient (Wildman–Crippen LogP) is 2.74. The van der Waals surface area contributed by atoms with E-state index in [9.17, 15) is 0 Å². The van der Waals surface area contributed by atoms with Crippen LogP contribution in [0.2, 0.25) is 0 Å². The van der Waals surface area contributed by atoms with Crippen LogP contribution >= 0.6 is 0 Å². The average Bonchev–Trinajstić information content (AvgIpc) is 2.38. The van der Waals surface area contributed by atoms with E-state index in [1.165, 1.54) is 19.3 Å². The maximum absolute atomic E-state index is 8.65. The molecule has 0 atom stereocenters. The minimum atomic E-state index is -0.103. The summed E-state index contributed by atoms with van der Waals surface area (Å²) >= 11 is 0. The molecule has 0 aliphatic heterocycles. The van der Waals surface area contributed by atoms with Gasteiger partial charge in [0.25, 0.3) is 0 Å². The van der Waals surface area contributed by atoms with E-state index in [4.69, 9.17) is 9.84 Å². The van der Waals surface area contributed by atoms with Crippen molar-refractivity contribution in [1.82, 2.24) is 0 Å². The van der Waals surface area contributed by atoms with Gasteiger partial charge in [0.2, 0.25) is 0 Å². The molecule has 1 aliphatic carbocycles. The molecular weight excluding hydrogens is 212 g/mol. The van der Waals surface area contributed by atoms with E-state index >= 15 is 0 Å². The van der Waals surface area contributed by atoms with Gasteiger partial charge in [0.15, 0.2) is 0 Å². The van der Waals surface area contributed by atoms with Crippen LogP contribution in [0, 0.1) is 11.8 Å². The van der Waals surface area contributed by atoms with Gasteiger partial charge in [-0.2, -0.15) is 0 Å². The van der Waals surface area contributed by atoms with Crippen molar-refractivity contribution in [2.24, 2.45) is 0 Å². The van der Waals surface area contributed by atoms with Crippen molar-refractivity contribution in [2.45, 2.75) is 38.2 Å². The van der Waals surface area contributed by atoms with Gasteiger partial charge in [0.1, 0.15) is 12.4 Å². The third-order valence-electron chi connectivity index (χ3n) is 3.00. The lowest BCUT2D eigenvalue weighted by Gasteiger charge is -2.23. The molecule has 1 N–H and O–H groups in total. The average molecular weight is 230 g/mol. The molecule has 2 nitrogen and oxygen atoms in total. The van der Waals surface area contributed by atoms with E-state index in [2.05, 4.69) is 11.8 Å². The minimum Gasteiger partial charge on any atom is -0.490 e. The molecule has 0 amide bonds. The molecular formula is C15H18O2. The summed E-state index contributed by atoms with van der Waals surface area (Å²) in [4.78, 5) is 0. The van der Waals surface area contributed by atoms with E-state index in [1.807, 2.05) is 24.3 Å². The van der Waals surface area contributed by atoms with Crippen LogP contribution in [-0.2, 0) is 0 Å². The number of hydrogen-bond donors (Lipinski definition) is 1. The van der Waals surface area contributed by atoms with Crippen LogP contribution in [-0.4, -0.2) is 17.8 Å². The number of aliphatic hydroxyl groups excluding tert-OH is 1. The molecule has 0 bridgehead atoms. The highest BCUT2D eigenvalue weighted by Crippen LogP contribution is 2.23. The molecule has 1 aromatic carbocycles. The van der Waals surface area contributed by atoms with Crippen molar-refractivity contribution in [3.8, 4) is 17.6 Å². The Balaban J connectivity index is 2.00. The molecule has 1 saturated carbocycles. The summed E-state index contributed by atoms with van der Waals surface area (Å²) in [7, 11) is 0. The Labute approximate surface area is 103 Å². The second kappa shape index (κ2) is 6.32. The molecule has 0 unspecified atom stereocenters. The van der Waals surface area contributed by atoms with Crippen LogP contribution in [0.1, 0.15) is 37.7 Å². The van der Waals surface area contributed by atoms with Crippen molar-refractivity contribution in [3.63, 3.8) is 0 Å². The zero-order chi connectivity index (χ0) is 11.9. The van der Waals surface area contributed by atoms with Gasteiger partial charge in [-0.3, -0.25) is 0 Å². The van der Waals surface area contributed by atoms with Gasteiger partial charge in [-0.05, 0) is 43.9 Å². The lowest BCUT2D eigenvalue weighted by Crippen LogP contribution is -2.19. The van der Waals surface area contributed by atoms with Crippen LogP contribution in [0.5, 0.6) is 5.75 Å². The van der Waals surface area contributed by atoms with E-state index in [1.54, 1.807) is 0 Å². The van der Waals surface area contributed by atoms with Crippen LogP contribution in [0.3, 0.4) is 0 Å². The quantitative estimate of drug-likeness (QED) is 0.792. The molecule has 0 saturated heterocycles. The first-order valence-corrected chi connectivity index (χ1v) is 6.25. The maximum Gasteiger partial charge on any atom is 0.120 e. The number of aliphatic hydroxyl groups is 1. The van der Waals surface area contributed by atoms with Crippen molar-refractivity contribution < 1.29 is 9.84 Å². The van der Waals surface area contributed by atoms with Crippen molar-refractivity contribution >= 4 is 0 Å². The first-order valence-electron chi connectivity index (χ1n) is 6.25. The molecule has 0 heterocycles. The summed E-state index contributed by atoms with van der Waals surface area (Å²) in [5.74, 6) is 6.43. The molecule has 2 rings (SSSR count). The molecule has 17 heavy (non-hydrogen) atoms. The third-order valence-corrected chi connectivity index (χ3v) is 3.00. The Morgan fingerprint density at radius 3 is 2.82 bits per heavy atom.